The van der Waals surface area contributed by atoms with E-state index in [1.807, 2.05) is 58.9 Å². The van der Waals surface area contributed by atoms with Gasteiger partial charge in [-0.25, -0.2) is 14.8 Å². The van der Waals surface area contributed by atoms with Gasteiger partial charge in [0.15, 0.2) is 0 Å². The number of anilines is 2. The molecule has 0 aliphatic carbocycles. The van der Waals surface area contributed by atoms with E-state index in [0.29, 0.717) is 10.7 Å². The summed E-state index contributed by atoms with van der Waals surface area (Å²) in [5, 5.41) is 4.15. The van der Waals surface area contributed by atoms with Crippen LogP contribution in [0.2, 0.25) is 0 Å². The van der Waals surface area contributed by atoms with Crippen molar-refractivity contribution in [2.45, 2.75) is 46.8 Å². The zero-order valence-electron chi connectivity index (χ0n) is 16.1. The van der Waals surface area contributed by atoms with E-state index in [0.717, 1.165) is 27.2 Å². The number of ether oxygens (including phenoxy) is 2. The SMILES string of the molecule is Cc1c(C(=O)OC(C)C)sc2ncnc(Nc3ccccc3OC(C)C)c12. The number of benzene rings is 1. The number of fused-ring (bicyclic) bond motifs is 1. The molecule has 7 heteroatoms. The van der Waals surface area contributed by atoms with E-state index < -0.39 is 0 Å². The average Bonchev–Trinajstić information content (AvgIpc) is 2.94. The standard InChI is InChI=1S/C20H23N3O3S/c1-11(2)25-15-9-7-6-8-14(15)23-18-16-13(5)17(20(24)26-12(3)4)27-19(16)22-10-21-18/h6-12H,1-5H3,(H,21,22,23). The van der Waals surface area contributed by atoms with E-state index in [1.165, 1.54) is 17.7 Å². The second-order valence-corrected chi connectivity index (χ2v) is 7.70. The first-order chi connectivity index (χ1) is 12.9. The molecule has 1 aromatic carbocycles. The monoisotopic (exact) mass is 385 g/mol. The van der Waals surface area contributed by atoms with Gasteiger partial charge in [-0.3, -0.25) is 0 Å². The van der Waals surface area contributed by atoms with Crippen LogP contribution in [0.5, 0.6) is 5.75 Å². The lowest BCUT2D eigenvalue weighted by Crippen LogP contribution is -2.11. The summed E-state index contributed by atoms with van der Waals surface area (Å²) in [4.78, 5) is 22.4. The van der Waals surface area contributed by atoms with Crippen LogP contribution in [0.4, 0.5) is 11.5 Å². The third-order valence-electron chi connectivity index (χ3n) is 3.76. The highest BCUT2D eigenvalue weighted by atomic mass is 32.1. The Bertz CT molecular complexity index is 966. The van der Waals surface area contributed by atoms with Crippen molar-refractivity contribution in [3.8, 4) is 5.75 Å². The Balaban J connectivity index is 2.02. The number of carbonyl (C=O) groups is 1. The molecule has 0 saturated heterocycles. The van der Waals surface area contributed by atoms with E-state index in [1.54, 1.807) is 0 Å². The Hall–Kier alpha value is -2.67. The molecule has 0 atom stereocenters. The van der Waals surface area contributed by atoms with Gasteiger partial charge in [0.25, 0.3) is 0 Å². The molecular weight excluding hydrogens is 362 g/mol. The first-order valence-corrected chi connectivity index (χ1v) is 9.66. The minimum absolute atomic E-state index is 0.0543. The predicted octanol–water partition coefficient (Wildman–Crippen LogP) is 5.10. The number of nitrogens with zero attached hydrogens (tertiary/aromatic N) is 2. The van der Waals surface area contributed by atoms with Crippen molar-refractivity contribution in [3.63, 3.8) is 0 Å². The molecule has 2 aromatic heterocycles. The van der Waals surface area contributed by atoms with Crippen LogP contribution in [-0.4, -0.2) is 28.1 Å². The molecule has 0 unspecified atom stereocenters. The summed E-state index contributed by atoms with van der Waals surface area (Å²) in [5.41, 5.74) is 1.62. The number of rotatable bonds is 6. The van der Waals surface area contributed by atoms with Crippen LogP contribution in [0.3, 0.4) is 0 Å². The predicted molar refractivity (Wildman–Crippen MR) is 108 cm³/mol. The molecule has 0 aliphatic heterocycles. The first kappa shape index (κ1) is 19.1. The average molecular weight is 385 g/mol. The van der Waals surface area contributed by atoms with Crippen LogP contribution >= 0.6 is 11.3 Å². The second-order valence-electron chi connectivity index (χ2n) is 6.70. The number of nitrogens with one attached hydrogen (secondary N) is 1. The number of carbonyl (C=O) groups excluding carboxylic acids is 1. The van der Waals surface area contributed by atoms with E-state index in [-0.39, 0.29) is 18.2 Å². The van der Waals surface area contributed by atoms with Gasteiger partial charge in [0.05, 0.1) is 23.3 Å². The first-order valence-electron chi connectivity index (χ1n) is 8.84. The van der Waals surface area contributed by atoms with E-state index in [4.69, 9.17) is 9.47 Å². The van der Waals surface area contributed by atoms with Gasteiger partial charge >= 0.3 is 5.97 Å². The largest absolute Gasteiger partial charge is 0.489 e. The number of aromatic nitrogens is 2. The minimum atomic E-state index is -0.333. The van der Waals surface area contributed by atoms with Gasteiger partial charge < -0.3 is 14.8 Å². The summed E-state index contributed by atoms with van der Waals surface area (Å²) in [6.07, 6.45) is 1.37. The Morgan fingerprint density at radius 3 is 2.56 bits per heavy atom. The lowest BCUT2D eigenvalue weighted by atomic mass is 10.2. The van der Waals surface area contributed by atoms with Gasteiger partial charge in [-0.1, -0.05) is 12.1 Å². The Kier molecular flexibility index (Phi) is 5.60. The molecule has 0 amide bonds. The molecule has 2 heterocycles. The topological polar surface area (TPSA) is 73.3 Å². The van der Waals surface area contributed by atoms with Gasteiger partial charge in [0.1, 0.15) is 27.6 Å². The number of esters is 1. The molecule has 0 fully saturated rings. The highest BCUT2D eigenvalue weighted by Gasteiger charge is 2.21. The summed E-state index contributed by atoms with van der Waals surface area (Å²) in [7, 11) is 0. The molecule has 0 radical (unpaired) electrons. The van der Waals surface area contributed by atoms with Crippen molar-refractivity contribution in [2.75, 3.05) is 5.32 Å². The Morgan fingerprint density at radius 1 is 1.11 bits per heavy atom. The highest BCUT2D eigenvalue weighted by Crippen LogP contribution is 2.36. The number of thiophene rings is 1. The molecule has 1 N–H and O–H groups in total. The van der Waals surface area contributed by atoms with Crippen molar-refractivity contribution in [1.82, 2.24) is 9.97 Å². The summed E-state index contributed by atoms with van der Waals surface area (Å²) < 4.78 is 11.2. The third kappa shape index (κ3) is 4.19. The maximum Gasteiger partial charge on any atom is 0.348 e. The van der Waals surface area contributed by atoms with Gasteiger partial charge in [-0.2, -0.15) is 0 Å². The molecule has 0 bridgehead atoms. The van der Waals surface area contributed by atoms with E-state index in [9.17, 15) is 4.79 Å². The molecule has 3 aromatic rings. The zero-order chi connectivity index (χ0) is 19.6. The number of para-hydroxylation sites is 2. The molecule has 6 nitrogen and oxygen atoms in total. The van der Waals surface area contributed by atoms with Crippen molar-refractivity contribution < 1.29 is 14.3 Å². The molecule has 142 valence electrons. The number of aryl methyl sites for hydroxylation is 1. The summed E-state index contributed by atoms with van der Waals surface area (Å²) in [6, 6.07) is 7.70. The van der Waals surface area contributed by atoms with Crippen molar-refractivity contribution in [2.24, 2.45) is 0 Å². The van der Waals surface area contributed by atoms with E-state index in [2.05, 4.69) is 15.3 Å². The number of hydrogen-bond donors (Lipinski definition) is 1. The van der Waals surface area contributed by atoms with Crippen molar-refractivity contribution in [3.05, 3.63) is 41.0 Å². The normalized spacial score (nSPS) is 11.2. The van der Waals surface area contributed by atoms with Gasteiger partial charge in [-0.15, -0.1) is 11.3 Å². The fourth-order valence-electron chi connectivity index (χ4n) is 2.68. The number of hydrogen-bond acceptors (Lipinski definition) is 7. The molecule has 0 aliphatic rings. The lowest BCUT2D eigenvalue weighted by Gasteiger charge is -2.15. The van der Waals surface area contributed by atoms with Crippen LogP contribution in [-0.2, 0) is 4.74 Å². The van der Waals surface area contributed by atoms with Gasteiger partial charge in [-0.05, 0) is 52.3 Å². The minimum Gasteiger partial charge on any atom is -0.489 e. The Morgan fingerprint density at radius 2 is 1.85 bits per heavy atom. The van der Waals surface area contributed by atoms with E-state index >= 15 is 0 Å². The second kappa shape index (κ2) is 7.92. The smallest absolute Gasteiger partial charge is 0.348 e. The molecule has 27 heavy (non-hydrogen) atoms. The fourth-order valence-corrected chi connectivity index (χ4v) is 3.71. The van der Waals surface area contributed by atoms with Gasteiger partial charge in [0.2, 0.25) is 0 Å². The third-order valence-corrected chi connectivity index (χ3v) is 4.94. The maximum atomic E-state index is 12.4. The van der Waals surface area contributed by atoms with Crippen LogP contribution in [0.1, 0.15) is 42.9 Å². The lowest BCUT2D eigenvalue weighted by molar-refractivity contribution is 0.0383. The van der Waals surface area contributed by atoms with Crippen LogP contribution < -0.4 is 10.1 Å². The quantitative estimate of drug-likeness (QED) is 0.596. The van der Waals surface area contributed by atoms with Gasteiger partial charge in [0, 0.05) is 0 Å². The molecule has 3 rings (SSSR count). The summed E-state index contributed by atoms with van der Waals surface area (Å²) >= 11 is 1.32. The highest BCUT2D eigenvalue weighted by molar-refractivity contribution is 7.20. The van der Waals surface area contributed by atoms with Crippen LogP contribution in [0.15, 0.2) is 30.6 Å². The molecule has 0 spiro atoms. The Labute approximate surface area is 162 Å². The van der Waals surface area contributed by atoms with Crippen LogP contribution in [0.25, 0.3) is 10.2 Å². The summed E-state index contributed by atoms with van der Waals surface area (Å²) in [6.45, 7) is 9.52. The fraction of sp³-hybridized carbons (Fsp3) is 0.350. The van der Waals surface area contributed by atoms with Crippen molar-refractivity contribution in [1.29, 1.82) is 0 Å². The zero-order valence-corrected chi connectivity index (χ0v) is 16.9. The summed E-state index contributed by atoms with van der Waals surface area (Å²) in [5.74, 6) is 1.05. The van der Waals surface area contributed by atoms with Crippen LogP contribution in [0, 0.1) is 6.92 Å². The maximum absolute atomic E-state index is 12.4. The molecule has 0 saturated carbocycles. The molecular formula is C20H23N3O3S. The van der Waals surface area contributed by atoms with Crippen molar-refractivity contribution >= 4 is 39.0 Å².